The van der Waals surface area contributed by atoms with Crippen molar-refractivity contribution in [2.45, 2.75) is 20.3 Å². The molecule has 0 saturated heterocycles. The van der Waals surface area contributed by atoms with Gasteiger partial charge in [0.15, 0.2) is 11.7 Å². The molecule has 0 radical (unpaired) electrons. The summed E-state index contributed by atoms with van der Waals surface area (Å²) in [5.74, 6) is -1.73. The second-order valence-corrected chi connectivity index (χ2v) is 6.48. The number of carbonyl (C=O) groups excluding carboxylic acids is 3. The molecule has 2 aromatic heterocycles. The lowest BCUT2D eigenvalue weighted by atomic mass is 10.1. The summed E-state index contributed by atoms with van der Waals surface area (Å²) in [4.78, 5) is 43.3. The number of rotatable bonds is 6. The average molecular weight is 398 g/mol. The van der Waals surface area contributed by atoms with E-state index in [0.29, 0.717) is 17.0 Å². The van der Waals surface area contributed by atoms with Crippen molar-refractivity contribution < 1.29 is 23.9 Å². The molecule has 0 spiro atoms. The van der Waals surface area contributed by atoms with Crippen LogP contribution < -0.4 is 5.32 Å². The van der Waals surface area contributed by atoms with E-state index in [-0.39, 0.29) is 22.3 Å². The van der Waals surface area contributed by atoms with Crippen LogP contribution in [0.3, 0.4) is 0 Å². The van der Waals surface area contributed by atoms with Gasteiger partial charge < -0.3 is 9.47 Å². The van der Waals surface area contributed by atoms with Crippen LogP contribution in [0.1, 0.15) is 27.3 Å². The largest absolute Gasteiger partial charge is 0.469 e. The molecule has 2 rings (SSSR count). The van der Waals surface area contributed by atoms with Gasteiger partial charge in [0.05, 0.1) is 24.8 Å². The molecule has 0 aliphatic rings. The molecule has 2 aromatic rings. The fraction of sp³-hybridized carbons (Fsp3) is 0.312. The Morgan fingerprint density at radius 1 is 1.27 bits per heavy atom. The number of anilines is 1. The molecule has 2 heterocycles. The number of carbonyl (C=O) groups is 3. The highest BCUT2D eigenvalue weighted by Gasteiger charge is 2.18. The number of thiazole rings is 1. The fourth-order valence-electron chi connectivity index (χ4n) is 2.06. The number of ether oxygens (including phenoxy) is 2. The molecule has 1 amide bonds. The first kappa shape index (κ1) is 19.8. The van der Waals surface area contributed by atoms with Crippen molar-refractivity contribution in [3.63, 3.8) is 0 Å². The summed E-state index contributed by atoms with van der Waals surface area (Å²) in [5, 5.41) is 4.43. The predicted octanol–water partition coefficient (Wildman–Crippen LogP) is 2.32. The molecule has 8 nitrogen and oxygen atoms in total. The minimum Gasteiger partial charge on any atom is -0.469 e. The molecule has 0 bridgehead atoms. The Morgan fingerprint density at radius 3 is 2.65 bits per heavy atom. The van der Waals surface area contributed by atoms with E-state index in [1.54, 1.807) is 25.3 Å². The van der Waals surface area contributed by atoms with Crippen molar-refractivity contribution in [1.29, 1.82) is 0 Å². The molecule has 26 heavy (non-hydrogen) atoms. The smallest absolute Gasteiger partial charge is 0.342 e. The number of aromatic nitrogens is 2. The van der Waals surface area contributed by atoms with Crippen LogP contribution in [0.4, 0.5) is 5.13 Å². The van der Waals surface area contributed by atoms with E-state index in [1.807, 2.05) is 0 Å². The van der Waals surface area contributed by atoms with Crippen molar-refractivity contribution in [3.8, 4) is 0 Å². The number of amides is 1. The topological polar surface area (TPSA) is 107 Å². The fourth-order valence-corrected chi connectivity index (χ4v) is 3.15. The number of halogens is 1. The predicted molar refractivity (Wildman–Crippen MR) is 95.5 cm³/mol. The minimum atomic E-state index is -0.735. The van der Waals surface area contributed by atoms with Gasteiger partial charge in [0.2, 0.25) is 0 Å². The number of methoxy groups -OCH3 is 1. The average Bonchev–Trinajstić information content (AvgIpc) is 2.98. The Balaban J connectivity index is 1.91. The molecule has 10 heteroatoms. The van der Waals surface area contributed by atoms with Crippen LogP contribution >= 0.6 is 22.9 Å². The second-order valence-electron chi connectivity index (χ2n) is 5.27. The molecule has 0 unspecified atom stereocenters. The summed E-state index contributed by atoms with van der Waals surface area (Å²) in [6.07, 6.45) is 0.00998. The van der Waals surface area contributed by atoms with Crippen LogP contribution in [0, 0.1) is 13.8 Å². The highest BCUT2D eigenvalue weighted by molar-refractivity contribution is 7.13. The Kier molecular flexibility index (Phi) is 6.64. The number of nitrogens with zero attached hydrogens (tertiary/aromatic N) is 2. The zero-order valence-corrected chi connectivity index (χ0v) is 15.9. The number of esters is 2. The van der Waals surface area contributed by atoms with E-state index >= 15 is 0 Å². The Bertz CT molecular complexity index is 829. The third-order valence-corrected chi connectivity index (χ3v) is 4.27. The lowest BCUT2D eigenvalue weighted by Gasteiger charge is -2.09. The first-order valence-corrected chi connectivity index (χ1v) is 8.68. The zero-order chi connectivity index (χ0) is 19.3. The molecule has 1 N–H and O–H groups in total. The van der Waals surface area contributed by atoms with Gasteiger partial charge in [0, 0.05) is 11.1 Å². The van der Waals surface area contributed by atoms with Gasteiger partial charge in [-0.15, -0.1) is 11.3 Å². The number of nitrogens with one attached hydrogen (secondary N) is 1. The monoisotopic (exact) mass is 397 g/mol. The maximum atomic E-state index is 12.1. The maximum absolute atomic E-state index is 12.1. The van der Waals surface area contributed by atoms with Crippen LogP contribution in [0.25, 0.3) is 0 Å². The van der Waals surface area contributed by atoms with Crippen LogP contribution in [0.2, 0.25) is 5.15 Å². The lowest BCUT2D eigenvalue weighted by Crippen LogP contribution is -2.21. The van der Waals surface area contributed by atoms with Crippen LogP contribution in [-0.4, -0.2) is 41.5 Å². The van der Waals surface area contributed by atoms with Crippen molar-refractivity contribution in [2.24, 2.45) is 0 Å². The normalized spacial score (nSPS) is 10.3. The van der Waals surface area contributed by atoms with E-state index < -0.39 is 24.5 Å². The number of aryl methyl sites for hydroxylation is 2. The first-order valence-electron chi connectivity index (χ1n) is 7.42. The summed E-state index contributed by atoms with van der Waals surface area (Å²) in [6.45, 7) is 2.95. The molecule has 138 valence electrons. The highest BCUT2D eigenvalue weighted by Crippen LogP contribution is 2.20. The van der Waals surface area contributed by atoms with Gasteiger partial charge >= 0.3 is 11.9 Å². The Hall–Kier alpha value is -2.52. The van der Waals surface area contributed by atoms with Crippen LogP contribution in [0.15, 0.2) is 11.4 Å². The Labute approximate surface area is 158 Å². The van der Waals surface area contributed by atoms with Crippen LogP contribution in [-0.2, 0) is 25.5 Å². The summed E-state index contributed by atoms with van der Waals surface area (Å²) in [6, 6.07) is 1.70. The van der Waals surface area contributed by atoms with Gasteiger partial charge in [0.25, 0.3) is 5.91 Å². The third-order valence-electron chi connectivity index (χ3n) is 3.19. The Morgan fingerprint density at radius 2 is 2.00 bits per heavy atom. The van der Waals surface area contributed by atoms with Crippen molar-refractivity contribution in [3.05, 3.63) is 39.1 Å². The molecule has 0 aliphatic carbocycles. The van der Waals surface area contributed by atoms with E-state index in [9.17, 15) is 14.4 Å². The SMILES string of the molecule is COC(=O)Cc1csc(NC(=O)COC(=O)c2c(C)cc(C)nc2Cl)n1. The number of hydrogen-bond acceptors (Lipinski definition) is 8. The van der Waals surface area contributed by atoms with Gasteiger partial charge in [-0.05, 0) is 25.5 Å². The summed E-state index contributed by atoms with van der Waals surface area (Å²) in [5.41, 5.74) is 1.88. The standard InChI is InChI=1S/C16H16ClN3O5S/c1-8-4-9(2)18-14(17)13(8)15(23)25-6-11(21)20-16-19-10(7-26-16)5-12(22)24-3/h4,7H,5-6H2,1-3H3,(H,19,20,21). The van der Waals surface area contributed by atoms with E-state index in [2.05, 4.69) is 20.0 Å². The van der Waals surface area contributed by atoms with E-state index in [1.165, 1.54) is 7.11 Å². The van der Waals surface area contributed by atoms with Crippen molar-refractivity contribution >= 4 is 45.9 Å². The lowest BCUT2D eigenvalue weighted by molar-refractivity contribution is -0.139. The van der Waals surface area contributed by atoms with Gasteiger partial charge in [-0.2, -0.15) is 0 Å². The molecular formula is C16H16ClN3O5S. The second kappa shape index (κ2) is 8.72. The molecule has 0 aromatic carbocycles. The van der Waals surface area contributed by atoms with Crippen molar-refractivity contribution in [1.82, 2.24) is 9.97 Å². The number of pyridine rings is 1. The molecule has 0 atom stereocenters. The molecule has 0 saturated carbocycles. The first-order chi connectivity index (χ1) is 12.3. The summed E-state index contributed by atoms with van der Waals surface area (Å²) >= 11 is 7.12. The third kappa shape index (κ3) is 5.24. The highest BCUT2D eigenvalue weighted by atomic mass is 35.5. The van der Waals surface area contributed by atoms with Gasteiger partial charge in [0.1, 0.15) is 5.15 Å². The quantitative estimate of drug-likeness (QED) is 0.588. The zero-order valence-electron chi connectivity index (χ0n) is 14.3. The van der Waals surface area contributed by atoms with E-state index in [4.69, 9.17) is 16.3 Å². The van der Waals surface area contributed by atoms with Gasteiger partial charge in [-0.3, -0.25) is 14.9 Å². The molecular weight excluding hydrogens is 382 g/mol. The van der Waals surface area contributed by atoms with Gasteiger partial charge in [-0.1, -0.05) is 11.6 Å². The summed E-state index contributed by atoms with van der Waals surface area (Å²) in [7, 11) is 1.28. The van der Waals surface area contributed by atoms with Crippen LogP contribution in [0.5, 0.6) is 0 Å². The van der Waals surface area contributed by atoms with Gasteiger partial charge in [-0.25, -0.2) is 14.8 Å². The van der Waals surface area contributed by atoms with Crippen molar-refractivity contribution in [2.75, 3.05) is 19.0 Å². The minimum absolute atomic E-state index is 0.00998. The summed E-state index contributed by atoms with van der Waals surface area (Å²) < 4.78 is 9.52. The molecule has 0 fully saturated rings. The number of hydrogen-bond donors (Lipinski definition) is 1. The molecule has 0 aliphatic heterocycles. The maximum Gasteiger partial charge on any atom is 0.342 e. The van der Waals surface area contributed by atoms with E-state index in [0.717, 1.165) is 11.3 Å².